The Bertz CT molecular complexity index is 792. The van der Waals surface area contributed by atoms with Gasteiger partial charge in [-0.25, -0.2) is 0 Å². The summed E-state index contributed by atoms with van der Waals surface area (Å²) in [7, 11) is 1.62. The number of nitrogens with zero attached hydrogens (tertiary/aromatic N) is 1. The molecule has 2 heterocycles. The zero-order chi connectivity index (χ0) is 17.8. The van der Waals surface area contributed by atoms with Gasteiger partial charge in [-0.3, -0.25) is 4.79 Å². The maximum Gasteiger partial charge on any atom is 0.265 e. The summed E-state index contributed by atoms with van der Waals surface area (Å²) < 4.78 is 13.2. The highest BCUT2D eigenvalue weighted by atomic mass is 32.1. The van der Waals surface area contributed by atoms with Gasteiger partial charge in [0.2, 0.25) is 0 Å². The van der Waals surface area contributed by atoms with Gasteiger partial charge in [0.25, 0.3) is 5.91 Å². The van der Waals surface area contributed by atoms with Gasteiger partial charge in [0.05, 0.1) is 19.8 Å². The van der Waals surface area contributed by atoms with Gasteiger partial charge in [0.15, 0.2) is 3.95 Å². The van der Waals surface area contributed by atoms with Gasteiger partial charge in [-0.15, -0.1) is 0 Å². The number of methoxy groups -OCH3 is 1. The summed E-state index contributed by atoms with van der Waals surface area (Å²) in [4.78, 5) is 12.9. The van der Waals surface area contributed by atoms with Crippen molar-refractivity contribution in [2.45, 2.75) is 32.0 Å². The van der Waals surface area contributed by atoms with E-state index >= 15 is 0 Å². The normalized spacial score (nSPS) is 16.8. The molecule has 2 aromatic rings. The lowest BCUT2D eigenvalue weighted by Gasteiger charge is -2.12. The van der Waals surface area contributed by atoms with E-state index in [0.717, 1.165) is 30.8 Å². The van der Waals surface area contributed by atoms with Crippen LogP contribution in [0.25, 0.3) is 0 Å². The van der Waals surface area contributed by atoms with Crippen molar-refractivity contribution in [1.29, 1.82) is 0 Å². The summed E-state index contributed by atoms with van der Waals surface area (Å²) in [5.74, 6) is 0.983. The van der Waals surface area contributed by atoms with E-state index in [1.165, 1.54) is 11.3 Å². The van der Waals surface area contributed by atoms with E-state index in [1.807, 2.05) is 24.3 Å². The second-order valence-corrected chi connectivity index (χ2v) is 7.50. The minimum atomic E-state index is -0.212. The Hall–Kier alpha value is -1.90. The van der Waals surface area contributed by atoms with Crippen molar-refractivity contribution in [3.8, 4) is 5.75 Å². The van der Waals surface area contributed by atoms with Crippen LogP contribution in [0.3, 0.4) is 0 Å². The zero-order valence-corrected chi connectivity index (χ0v) is 15.6. The van der Waals surface area contributed by atoms with Gasteiger partial charge in [0, 0.05) is 13.2 Å². The standard InChI is InChI=1S/C17H21N3O3S2/c1-22-12-6-4-11(5-7-12)9-19-16(21)14-15(18)20(17(24)25-14)10-13-3-2-8-23-13/h4-7,13H,2-3,8-10,18H2,1H3,(H,19,21)/t13-/m1/s1. The first-order valence-corrected chi connectivity index (χ1v) is 9.33. The second kappa shape index (κ2) is 7.99. The van der Waals surface area contributed by atoms with Crippen LogP contribution >= 0.6 is 23.6 Å². The van der Waals surface area contributed by atoms with Crippen LogP contribution in [0, 0.1) is 3.95 Å². The lowest BCUT2D eigenvalue weighted by atomic mass is 10.2. The van der Waals surface area contributed by atoms with Gasteiger partial charge in [0.1, 0.15) is 16.4 Å². The number of carbonyl (C=O) groups excluding carboxylic acids is 1. The van der Waals surface area contributed by atoms with E-state index in [2.05, 4.69) is 5.32 Å². The minimum absolute atomic E-state index is 0.124. The largest absolute Gasteiger partial charge is 0.497 e. The Labute approximate surface area is 155 Å². The molecule has 0 spiro atoms. The first-order chi connectivity index (χ1) is 12.1. The fourth-order valence-electron chi connectivity index (χ4n) is 2.75. The first kappa shape index (κ1) is 17.9. The molecule has 1 fully saturated rings. The van der Waals surface area contributed by atoms with Crippen molar-refractivity contribution < 1.29 is 14.3 Å². The molecule has 8 heteroatoms. The third-order valence-corrected chi connectivity index (χ3v) is 5.63. The third kappa shape index (κ3) is 4.20. The highest BCUT2D eigenvalue weighted by Gasteiger charge is 2.21. The molecular formula is C17H21N3O3S2. The molecule has 1 aliphatic rings. The summed E-state index contributed by atoms with van der Waals surface area (Å²) in [6.45, 7) is 1.79. The van der Waals surface area contributed by atoms with Gasteiger partial charge in [-0.2, -0.15) is 0 Å². The predicted octanol–water partition coefficient (Wildman–Crippen LogP) is 2.98. The smallest absolute Gasteiger partial charge is 0.265 e. The molecule has 3 rings (SSSR count). The topological polar surface area (TPSA) is 78.5 Å². The minimum Gasteiger partial charge on any atom is -0.497 e. The van der Waals surface area contributed by atoms with Gasteiger partial charge < -0.3 is 25.1 Å². The van der Waals surface area contributed by atoms with E-state index < -0.39 is 0 Å². The van der Waals surface area contributed by atoms with Crippen molar-refractivity contribution in [1.82, 2.24) is 9.88 Å². The van der Waals surface area contributed by atoms with E-state index in [9.17, 15) is 4.79 Å². The lowest BCUT2D eigenvalue weighted by molar-refractivity contribution is 0.0946. The molecule has 1 saturated heterocycles. The molecular weight excluding hydrogens is 358 g/mol. The predicted molar refractivity (Wildman–Crippen MR) is 101 cm³/mol. The lowest BCUT2D eigenvalue weighted by Crippen LogP contribution is -2.24. The zero-order valence-electron chi connectivity index (χ0n) is 14.0. The van der Waals surface area contributed by atoms with E-state index in [1.54, 1.807) is 11.7 Å². The number of hydrogen-bond acceptors (Lipinski definition) is 6. The summed E-state index contributed by atoms with van der Waals surface area (Å²) in [6.07, 6.45) is 2.17. The number of nitrogen functional groups attached to an aromatic ring is 1. The monoisotopic (exact) mass is 379 g/mol. The summed E-state index contributed by atoms with van der Waals surface area (Å²) in [5.41, 5.74) is 7.15. The summed E-state index contributed by atoms with van der Waals surface area (Å²) in [5, 5.41) is 2.89. The fraction of sp³-hybridized carbons (Fsp3) is 0.412. The molecule has 1 atom stereocenters. The molecule has 1 aliphatic heterocycles. The van der Waals surface area contributed by atoms with Gasteiger partial charge in [-0.05, 0) is 42.8 Å². The number of aromatic nitrogens is 1. The van der Waals surface area contributed by atoms with Crippen molar-refractivity contribution >= 4 is 35.3 Å². The average Bonchev–Trinajstić information content (AvgIpc) is 3.24. The Morgan fingerprint density at radius 1 is 1.48 bits per heavy atom. The molecule has 0 unspecified atom stereocenters. The number of nitrogens with one attached hydrogen (secondary N) is 1. The van der Waals surface area contributed by atoms with Crippen molar-refractivity contribution in [2.75, 3.05) is 19.5 Å². The number of benzene rings is 1. The summed E-state index contributed by atoms with van der Waals surface area (Å²) >= 11 is 6.61. The molecule has 0 bridgehead atoms. The Kier molecular flexibility index (Phi) is 5.72. The molecule has 25 heavy (non-hydrogen) atoms. The van der Waals surface area contributed by atoms with E-state index in [0.29, 0.717) is 27.7 Å². The number of anilines is 1. The molecule has 0 radical (unpaired) electrons. The molecule has 3 N–H and O–H groups in total. The molecule has 1 aromatic heterocycles. The molecule has 1 aromatic carbocycles. The van der Waals surface area contributed by atoms with Crippen molar-refractivity contribution in [2.24, 2.45) is 0 Å². The number of carbonyl (C=O) groups is 1. The number of hydrogen-bond donors (Lipinski definition) is 2. The fourth-order valence-corrected chi connectivity index (χ4v) is 4.01. The van der Waals surface area contributed by atoms with Gasteiger partial charge >= 0.3 is 0 Å². The first-order valence-electron chi connectivity index (χ1n) is 8.10. The highest BCUT2D eigenvalue weighted by Crippen LogP contribution is 2.25. The number of thiazole rings is 1. The van der Waals surface area contributed by atoms with Crippen LogP contribution in [0.4, 0.5) is 5.82 Å². The van der Waals surface area contributed by atoms with Crippen LogP contribution in [0.5, 0.6) is 5.75 Å². The molecule has 0 aliphatic carbocycles. The quantitative estimate of drug-likeness (QED) is 0.755. The number of ether oxygens (including phenoxy) is 2. The van der Waals surface area contributed by atoms with Crippen LogP contribution < -0.4 is 15.8 Å². The molecule has 6 nitrogen and oxygen atoms in total. The molecule has 1 amide bonds. The Morgan fingerprint density at radius 2 is 2.24 bits per heavy atom. The van der Waals surface area contributed by atoms with Crippen molar-refractivity contribution in [3.63, 3.8) is 0 Å². The van der Waals surface area contributed by atoms with Crippen molar-refractivity contribution in [3.05, 3.63) is 38.7 Å². The number of rotatable bonds is 6. The van der Waals surface area contributed by atoms with Crippen LogP contribution in [-0.4, -0.2) is 30.3 Å². The van der Waals surface area contributed by atoms with Crippen LogP contribution in [0.1, 0.15) is 28.1 Å². The maximum absolute atomic E-state index is 12.5. The van der Waals surface area contributed by atoms with E-state index in [4.69, 9.17) is 27.4 Å². The van der Waals surface area contributed by atoms with Gasteiger partial charge in [-0.1, -0.05) is 23.5 Å². The average molecular weight is 380 g/mol. The Morgan fingerprint density at radius 3 is 2.88 bits per heavy atom. The number of nitrogens with two attached hydrogens (primary N) is 1. The van der Waals surface area contributed by atoms with Crippen LogP contribution in [-0.2, 0) is 17.8 Å². The van der Waals surface area contributed by atoms with Crippen LogP contribution in [0.2, 0.25) is 0 Å². The number of amides is 1. The van der Waals surface area contributed by atoms with E-state index in [-0.39, 0.29) is 12.0 Å². The second-order valence-electron chi connectivity index (χ2n) is 5.86. The summed E-state index contributed by atoms with van der Waals surface area (Å²) in [6, 6.07) is 7.54. The van der Waals surface area contributed by atoms with Crippen LogP contribution in [0.15, 0.2) is 24.3 Å². The third-order valence-electron chi connectivity index (χ3n) is 4.16. The molecule has 0 saturated carbocycles. The highest BCUT2D eigenvalue weighted by molar-refractivity contribution is 7.73. The SMILES string of the molecule is COc1ccc(CNC(=O)c2sc(=S)n(C[C@H]3CCCO3)c2N)cc1. The molecule has 134 valence electrons. The Balaban J connectivity index is 1.66. The maximum atomic E-state index is 12.5.